The van der Waals surface area contributed by atoms with Gasteiger partial charge in [0.25, 0.3) is 26.0 Å². The SMILES string of the molecule is CC1(C)CC(Nc2cccc(S(N)(=O)=O)n2)CN1.CC1(CCOc2ccn(-c3ccc(C(=O)NS(=O)(=O)c4cccc(NC5CNC(C)(C)C5)n4)c(Cl)n3)n2)CC1.CC1(CCOc2ccn(-c3ccc(C(=O)O)c(Cl)n3)n2)CC1. The summed E-state index contributed by atoms with van der Waals surface area (Å²) in [6, 6.07) is 19.0. The van der Waals surface area contributed by atoms with Crippen LogP contribution in [-0.2, 0) is 20.0 Å². The lowest BCUT2D eigenvalue weighted by molar-refractivity contribution is 0.0696. The van der Waals surface area contributed by atoms with E-state index in [1.807, 2.05) is 4.72 Å². The standard InChI is InChI=1S/C26H32ClN7O4S.C15H16ClN3O3.C11H18N4O2S/c1-25(2)15-17(16-28-25)29-19-5-4-6-22(30-19)39(36,37)33-24(35)18-7-8-20(31-23(18)27)34-13-9-21(32-34)38-14-12-26(3)10-11-26;1-15(5-6-15)7-9-22-12-4-8-19(18-12)11-3-2-10(14(20)21)13(16)17-11;1-11(2)6-8(7-13-11)14-9-4-3-5-10(15-9)18(12,16)17/h4-9,13,17,28H,10-12,14-16H2,1-3H3,(H,29,30)(H,33,35);2-4,8H,5-7,9H2,1H3,(H,20,21);3-5,8,13H,6-7H2,1-2H3,(H,14,15)(H2,12,16,17). The molecule has 2 unspecified atom stereocenters. The number of amides is 1. The number of carboxylic acids is 1. The summed E-state index contributed by atoms with van der Waals surface area (Å²) in [5.41, 5.74) is 0.784. The number of hydrogen-bond acceptors (Lipinski definition) is 18. The summed E-state index contributed by atoms with van der Waals surface area (Å²) in [4.78, 5) is 40.2. The Morgan fingerprint density at radius 3 is 1.51 bits per heavy atom. The van der Waals surface area contributed by atoms with Gasteiger partial charge in [0.2, 0.25) is 11.8 Å². The van der Waals surface area contributed by atoms with Crippen molar-refractivity contribution in [2.45, 2.75) is 126 Å². The second-order valence-corrected chi connectivity index (χ2v) is 26.0. The average Bonchev–Trinajstić information content (AvgIpc) is 3.96. The fourth-order valence-electron chi connectivity index (χ4n) is 8.66. The third-order valence-electron chi connectivity index (χ3n) is 14.0. The molecule has 6 aromatic heterocycles. The van der Waals surface area contributed by atoms with Crippen LogP contribution >= 0.6 is 23.2 Å². The van der Waals surface area contributed by atoms with Crippen LogP contribution in [0, 0.1) is 10.8 Å². The van der Waals surface area contributed by atoms with Crippen molar-refractivity contribution in [3.8, 4) is 23.4 Å². The maximum absolute atomic E-state index is 12.9. The van der Waals surface area contributed by atoms with Gasteiger partial charge in [-0.2, -0.15) is 8.42 Å². The lowest BCUT2D eigenvalue weighted by Gasteiger charge is -2.18. The highest BCUT2D eigenvalue weighted by Gasteiger charge is 2.38. The molecule has 1 amide bonds. The predicted molar refractivity (Wildman–Crippen MR) is 297 cm³/mol. The molecular weight excluding hydrogens is 1100 g/mol. The number of sulfonamides is 2. The fourth-order valence-corrected chi connectivity index (χ4v) is 10.6. The number of carboxylic acid groups (broad SMARTS) is 1. The first-order chi connectivity index (χ1) is 37.1. The van der Waals surface area contributed by atoms with Crippen molar-refractivity contribution >= 4 is 66.8 Å². The van der Waals surface area contributed by atoms with E-state index in [0.717, 1.165) is 38.8 Å². The lowest BCUT2D eigenvalue weighted by Crippen LogP contribution is -2.32. The molecule has 6 aromatic rings. The molecule has 424 valence electrons. The minimum atomic E-state index is -4.26. The normalized spacial score (nSPS) is 19.2. The molecule has 2 atom stereocenters. The highest BCUT2D eigenvalue weighted by atomic mass is 35.5. The molecule has 2 saturated carbocycles. The topological polar surface area (TPSA) is 314 Å². The molecule has 8 N–H and O–H groups in total. The van der Waals surface area contributed by atoms with Gasteiger partial charge < -0.3 is 35.8 Å². The number of carbonyl (C=O) groups is 2. The molecule has 2 saturated heterocycles. The van der Waals surface area contributed by atoms with Gasteiger partial charge in [0.1, 0.15) is 21.9 Å². The monoisotopic (exact) mass is 1160 g/mol. The van der Waals surface area contributed by atoms with Gasteiger partial charge in [0.15, 0.2) is 21.7 Å². The molecule has 0 radical (unpaired) electrons. The maximum atomic E-state index is 12.9. The van der Waals surface area contributed by atoms with Crippen molar-refractivity contribution < 1.29 is 41.0 Å². The number of ether oxygens (including phenoxy) is 2. The van der Waals surface area contributed by atoms with Gasteiger partial charge in [-0.15, -0.1) is 10.2 Å². The van der Waals surface area contributed by atoms with E-state index in [1.54, 1.807) is 54.9 Å². The largest absolute Gasteiger partial charge is 0.478 e. The van der Waals surface area contributed by atoms with Gasteiger partial charge in [-0.1, -0.05) is 49.2 Å². The van der Waals surface area contributed by atoms with Crippen LogP contribution in [0.15, 0.2) is 95.2 Å². The summed E-state index contributed by atoms with van der Waals surface area (Å²) in [5, 5.41) is 35.2. The highest BCUT2D eigenvalue weighted by molar-refractivity contribution is 7.90. The molecule has 4 fully saturated rings. The van der Waals surface area contributed by atoms with E-state index >= 15 is 0 Å². The Morgan fingerprint density at radius 2 is 1.10 bits per heavy atom. The average molecular weight is 1170 g/mol. The van der Waals surface area contributed by atoms with E-state index in [2.05, 4.69) is 92.9 Å². The predicted octanol–water partition coefficient (Wildman–Crippen LogP) is 7.03. The zero-order valence-electron chi connectivity index (χ0n) is 44.7. The molecule has 23 nitrogen and oxygen atoms in total. The highest BCUT2D eigenvalue weighted by Crippen LogP contribution is 2.48. The van der Waals surface area contributed by atoms with Crippen molar-refractivity contribution in [3.05, 3.63) is 107 Å². The van der Waals surface area contributed by atoms with Crippen LogP contribution in [0.5, 0.6) is 11.8 Å². The number of nitrogens with one attached hydrogen (secondary N) is 5. The van der Waals surface area contributed by atoms with Crippen molar-refractivity contribution in [2.75, 3.05) is 36.9 Å². The third kappa shape index (κ3) is 16.5. The van der Waals surface area contributed by atoms with E-state index in [9.17, 15) is 26.4 Å². The van der Waals surface area contributed by atoms with Crippen LogP contribution in [0.3, 0.4) is 0 Å². The van der Waals surface area contributed by atoms with Crippen LogP contribution in [0.4, 0.5) is 11.6 Å². The Balaban J connectivity index is 0.000000173. The molecular formula is C52H66Cl2N14O9S2. The number of hydrogen-bond donors (Lipinski definition) is 7. The minimum absolute atomic E-state index is 0.0141. The third-order valence-corrected chi connectivity index (χ3v) is 16.6. The van der Waals surface area contributed by atoms with Crippen LogP contribution in [-0.4, -0.2) is 123 Å². The Kier molecular flexibility index (Phi) is 17.6. The minimum Gasteiger partial charge on any atom is -0.478 e. The van der Waals surface area contributed by atoms with E-state index in [4.69, 9.17) is 42.9 Å². The quantitative estimate of drug-likeness (QED) is 0.0400. The van der Waals surface area contributed by atoms with Crippen LogP contribution in [0.1, 0.15) is 114 Å². The number of nitrogens with zero attached hydrogens (tertiary/aromatic N) is 8. The zero-order valence-corrected chi connectivity index (χ0v) is 47.8. The summed E-state index contributed by atoms with van der Waals surface area (Å²) in [5.74, 6) is 0.689. The summed E-state index contributed by atoms with van der Waals surface area (Å²) in [6.45, 7) is 15.7. The van der Waals surface area contributed by atoms with Crippen molar-refractivity contribution in [2.24, 2.45) is 16.0 Å². The van der Waals surface area contributed by atoms with Crippen molar-refractivity contribution in [1.82, 2.24) is 54.9 Å². The molecule has 0 bridgehead atoms. The van der Waals surface area contributed by atoms with Crippen LogP contribution in [0.25, 0.3) is 11.6 Å². The molecule has 8 heterocycles. The Morgan fingerprint density at radius 1 is 0.658 bits per heavy atom. The van der Waals surface area contributed by atoms with Crippen LogP contribution < -0.4 is 40.6 Å². The lowest BCUT2D eigenvalue weighted by atomic mass is 10.0. The summed E-state index contributed by atoms with van der Waals surface area (Å²) in [7, 11) is -8.01. The Labute approximate surface area is 469 Å². The van der Waals surface area contributed by atoms with E-state index in [-0.39, 0.29) is 54.6 Å². The first-order valence-electron chi connectivity index (χ1n) is 25.7. The molecule has 27 heteroatoms. The van der Waals surface area contributed by atoms with E-state index in [0.29, 0.717) is 59.1 Å². The molecule has 2 aliphatic carbocycles. The van der Waals surface area contributed by atoms with Gasteiger partial charge >= 0.3 is 5.97 Å². The summed E-state index contributed by atoms with van der Waals surface area (Å²) < 4.78 is 64.6. The molecule has 10 rings (SSSR count). The second kappa shape index (κ2) is 23.7. The van der Waals surface area contributed by atoms with Gasteiger partial charge in [-0.05, 0) is 138 Å². The number of rotatable bonds is 19. The Hall–Kier alpha value is -6.48. The van der Waals surface area contributed by atoms with Gasteiger partial charge in [0.05, 0.1) is 24.3 Å². The smallest absolute Gasteiger partial charge is 0.338 e. The number of nitrogens with two attached hydrogens (primary N) is 1. The second-order valence-electron chi connectivity index (χ2n) is 22.2. The fraction of sp³-hybridized carbons (Fsp3) is 0.462. The van der Waals surface area contributed by atoms with Crippen molar-refractivity contribution in [1.29, 1.82) is 0 Å². The molecule has 4 aliphatic rings. The first kappa shape index (κ1) is 58.7. The number of aromatic carboxylic acids is 1. The van der Waals surface area contributed by atoms with E-state index < -0.39 is 31.9 Å². The molecule has 0 aromatic carbocycles. The first-order valence-corrected chi connectivity index (χ1v) is 29.4. The summed E-state index contributed by atoms with van der Waals surface area (Å²) >= 11 is 12.1. The molecule has 0 spiro atoms. The van der Waals surface area contributed by atoms with Gasteiger partial charge in [0, 0.05) is 60.8 Å². The van der Waals surface area contributed by atoms with Gasteiger partial charge in [-0.25, -0.2) is 52.4 Å². The molecule has 2 aliphatic heterocycles. The number of aromatic nitrogens is 8. The number of carbonyl (C=O) groups excluding carboxylic acids is 1. The molecule has 79 heavy (non-hydrogen) atoms. The van der Waals surface area contributed by atoms with Gasteiger partial charge in [-0.3, -0.25) is 4.79 Å². The van der Waals surface area contributed by atoms with Crippen molar-refractivity contribution in [3.63, 3.8) is 0 Å². The number of pyridine rings is 4. The number of anilines is 2. The maximum Gasteiger partial charge on any atom is 0.338 e. The Bertz CT molecular complexity index is 3410. The number of halogens is 2. The van der Waals surface area contributed by atoms with E-state index in [1.165, 1.54) is 65.4 Å². The van der Waals surface area contributed by atoms with Crippen LogP contribution in [0.2, 0.25) is 10.3 Å². The number of primary sulfonamides is 1. The summed E-state index contributed by atoms with van der Waals surface area (Å²) in [6.07, 6.45) is 12.2. The zero-order chi connectivity index (χ0) is 57.0.